The summed E-state index contributed by atoms with van der Waals surface area (Å²) >= 11 is 0. The van der Waals surface area contributed by atoms with Crippen LogP contribution in [-0.4, -0.2) is 23.3 Å². The van der Waals surface area contributed by atoms with Crippen molar-refractivity contribution in [3.05, 3.63) is 42.1 Å². The minimum absolute atomic E-state index is 0.183. The normalized spacial score (nSPS) is 10.2. The molecule has 2 rings (SSSR count). The second-order valence-electron chi connectivity index (χ2n) is 3.43. The van der Waals surface area contributed by atoms with Crippen molar-refractivity contribution in [1.29, 1.82) is 0 Å². The van der Waals surface area contributed by atoms with Gasteiger partial charge in [0.15, 0.2) is 0 Å². The number of esters is 1. The van der Waals surface area contributed by atoms with Gasteiger partial charge in [0.1, 0.15) is 0 Å². The molecule has 0 amide bonds. The molecule has 4 heteroatoms. The second-order valence-corrected chi connectivity index (χ2v) is 3.43. The summed E-state index contributed by atoms with van der Waals surface area (Å²) in [5, 5.41) is 0.822. The van der Waals surface area contributed by atoms with Crippen LogP contribution in [0.15, 0.2) is 36.5 Å². The first-order valence-electron chi connectivity index (χ1n) is 5.29. The Hall–Kier alpha value is -2.23. The second kappa shape index (κ2) is 4.74. The molecule has 0 aliphatic rings. The third kappa shape index (κ3) is 2.15. The van der Waals surface area contributed by atoms with Crippen molar-refractivity contribution in [3.8, 4) is 0 Å². The van der Waals surface area contributed by atoms with Crippen LogP contribution in [-0.2, 0) is 9.53 Å². The Bertz CT molecular complexity index is 572. The van der Waals surface area contributed by atoms with E-state index in [4.69, 9.17) is 4.74 Å². The van der Waals surface area contributed by atoms with Crippen molar-refractivity contribution in [2.45, 2.75) is 6.92 Å². The summed E-state index contributed by atoms with van der Waals surface area (Å²) in [7, 11) is 0. The van der Waals surface area contributed by atoms with Crippen LogP contribution < -0.4 is 0 Å². The average Bonchev–Trinajstić information content (AvgIpc) is 2.37. The Morgan fingerprint density at radius 1 is 1.24 bits per heavy atom. The van der Waals surface area contributed by atoms with Crippen LogP contribution in [0.2, 0.25) is 0 Å². The fourth-order valence-electron chi connectivity index (χ4n) is 1.59. The van der Waals surface area contributed by atoms with Gasteiger partial charge in [0.25, 0.3) is 5.78 Å². The number of ketones is 1. The molecule has 4 nitrogen and oxygen atoms in total. The number of para-hydroxylation sites is 1. The SMILES string of the molecule is CCOC(=O)C(=O)c1cccc2cccnc12. The van der Waals surface area contributed by atoms with Crippen LogP contribution >= 0.6 is 0 Å². The van der Waals surface area contributed by atoms with Crippen molar-refractivity contribution >= 4 is 22.7 Å². The van der Waals surface area contributed by atoms with E-state index in [1.165, 1.54) is 0 Å². The lowest BCUT2D eigenvalue weighted by atomic mass is 10.1. The van der Waals surface area contributed by atoms with E-state index in [-0.39, 0.29) is 12.2 Å². The molecule has 1 aromatic heterocycles. The fourth-order valence-corrected chi connectivity index (χ4v) is 1.59. The molecule has 0 radical (unpaired) electrons. The molecule has 0 saturated carbocycles. The van der Waals surface area contributed by atoms with Crippen LogP contribution in [0.25, 0.3) is 10.9 Å². The highest BCUT2D eigenvalue weighted by Gasteiger charge is 2.20. The molecule has 0 atom stereocenters. The smallest absolute Gasteiger partial charge is 0.379 e. The number of ether oxygens (including phenoxy) is 1. The van der Waals surface area contributed by atoms with Crippen molar-refractivity contribution in [3.63, 3.8) is 0 Å². The molecular weight excluding hydrogens is 218 g/mol. The van der Waals surface area contributed by atoms with E-state index in [9.17, 15) is 9.59 Å². The molecule has 17 heavy (non-hydrogen) atoms. The average molecular weight is 229 g/mol. The molecule has 1 heterocycles. The van der Waals surface area contributed by atoms with Crippen molar-refractivity contribution in [1.82, 2.24) is 4.98 Å². The van der Waals surface area contributed by atoms with E-state index in [0.717, 1.165) is 5.39 Å². The topological polar surface area (TPSA) is 56.3 Å². The van der Waals surface area contributed by atoms with Gasteiger partial charge in [0.05, 0.1) is 17.7 Å². The van der Waals surface area contributed by atoms with Crippen LogP contribution in [0.5, 0.6) is 0 Å². The zero-order valence-electron chi connectivity index (χ0n) is 9.34. The Morgan fingerprint density at radius 3 is 2.76 bits per heavy atom. The largest absolute Gasteiger partial charge is 0.460 e. The van der Waals surface area contributed by atoms with E-state index in [0.29, 0.717) is 5.52 Å². The molecule has 2 aromatic rings. The first kappa shape index (κ1) is 11.3. The third-order valence-corrected chi connectivity index (χ3v) is 2.34. The Kier molecular flexibility index (Phi) is 3.14. The molecule has 0 N–H and O–H groups in total. The number of nitrogens with zero attached hydrogens (tertiary/aromatic N) is 1. The minimum atomic E-state index is -0.842. The summed E-state index contributed by atoms with van der Waals surface area (Å²) < 4.78 is 4.69. The van der Waals surface area contributed by atoms with Crippen molar-refractivity contribution in [2.75, 3.05) is 6.61 Å². The number of pyridine rings is 1. The number of carbonyl (C=O) groups is 2. The number of rotatable bonds is 3. The summed E-state index contributed by atoms with van der Waals surface area (Å²) in [4.78, 5) is 27.3. The van der Waals surface area contributed by atoms with Gasteiger partial charge in [-0.1, -0.05) is 18.2 Å². The lowest BCUT2D eigenvalue weighted by molar-refractivity contribution is -0.137. The van der Waals surface area contributed by atoms with Crippen LogP contribution in [0.1, 0.15) is 17.3 Å². The predicted molar refractivity (Wildman–Crippen MR) is 62.7 cm³/mol. The quantitative estimate of drug-likeness (QED) is 0.458. The van der Waals surface area contributed by atoms with Crippen LogP contribution in [0.4, 0.5) is 0 Å². The number of benzene rings is 1. The summed E-state index contributed by atoms with van der Waals surface area (Å²) in [6, 6.07) is 8.75. The number of carbonyl (C=O) groups excluding carboxylic acids is 2. The minimum Gasteiger partial charge on any atom is -0.460 e. The van der Waals surface area contributed by atoms with Gasteiger partial charge in [-0.15, -0.1) is 0 Å². The summed E-state index contributed by atoms with van der Waals surface area (Å²) in [6.45, 7) is 1.84. The monoisotopic (exact) mass is 229 g/mol. The maximum absolute atomic E-state index is 11.8. The van der Waals surface area contributed by atoms with E-state index in [2.05, 4.69) is 4.98 Å². The lowest BCUT2D eigenvalue weighted by Gasteiger charge is -2.04. The van der Waals surface area contributed by atoms with Gasteiger partial charge < -0.3 is 4.74 Å². The maximum atomic E-state index is 11.8. The molecule has 0 fully saturated rings. The predicted octanol–water partition coefficient (Wildman–Crippen LogP) is 1.98. The molecule has 0 bridgehead atoms. The Balaban J connectivity index is 2.48. The van der Waals surface area contributed by atoms with Gasteiger partial charge in [0.2, 0.25) is 0 Å². The van der Waals surface area contributed by atoms with Gasteiger partial charge in [-0.05, 0) is 19.1 Å². The van der Waals surface area contributed by atoms with E-state index < -0.39 is 11.8 Å². The van der Waals surface area contributed by atoms with E-state index in [1.807, 2.05) is 12.1 Å². The molecule has 0 unspecified atom stereocenters. The van der Waals surface area contributed by atoms with Gasteiger partial charge in [0, 0.05) is 11.6 Å². The molecule has 0 saturated heterocycles. The third-order valence-electron chi connectivity index (χ3n) is 2.34. The van der Waals surface area contributed by atoms with Gasteiger partial charge in [-0.2, -0.15) is 0 Å². The van der Waals surface area contributed by atoms with Crippen LogP contribution in [0, 0.1) is 0 Å². The Morgan fingerprint density at radius 2 is 2.00 bits per heavy atom. The summed E-state index contributed by atoms with van der Waals surface area (Å²) in [5.74, 6) is -1.50. The highest BCUT2D eigenvalue weighted by molar-refractivity contribution is 6.42. The van der Waals surface area contributed by atoms with Gasteiger partial charge >= 0.3 is 5.97 Å². The van der Waals surface area contributed by atoms with Gasteiger partial charge in [-0.3, -0.25) is 9.78 Å². The van der Waals surface area contributed by atoms with E-state index in [1.54, 1.807) is 31.3 Å². The highest BCUT2D eigenvalue weighted by Crippen LogP contribution is 2.16. The van der Waals surface area contributed by atoms with Crippen molar-refractivity contribution < 1.29 is 14.3 Å². The van der Waals surface area contributed by atoms with Crippen molar-refractivity contribution in [2.24, 2.45) is 0 Å². The first-order chi connectivity index (χ1) is 8.24. The summed E-state index contributed by atoms with van der Waals surface area (Å²) in [6.07, 6.45) is 1.59. The lowest BCUT2D eigenvalue weighted by Crippen LogP contribution is -2.18. The first-order valence-corrected chi connectivity index (χ1v) is 5.29. The maximum Gasteiger partial charge on any atom is 0.379 e. The number of fused-ring (bicyclic) bond motifs is 1. The number of Topliss-reactive ketones (excluding diaryl/α,β-unsaturated/α-hetero) is 1. The zero-order chi connectivity index (χ0) is 12.3. The Labute approximate surface area is 98.2 Å². The fraction of sp³-hybridized carbons (Fsp3) is 0.154. The molecule has 0 aliphatic carbocycles. The molecule has 1 aromatic carbocycles. The number of aromatic nitrogens is 1. The number of hydrogen-bond acceptors (Lipinski definition) is 4. The molecule has 0 spiro atoms. The molecular formula is C13H11NO3. The zero-order valence-corrected chi connectivity index (χ0v) is 9.34. The van der Waals surface area contributed by atoms with Crippen LogP contribution in [0.3, 0.4) is 0 Å². The standard InChI is InChI=1S/C13H11NO3/c1-2-17-13(16)12(15)10-7-3-5-9-6-4-8-14-11(9)10/h3-8H,2H2,1H3. The number of hydrogen-bond donors (Lipinski definition) is 0. The molecule has 0 aliphatic heterocycles. The van der Waals surface area contributed by atoms with E-state index >= 15 is 0 Å². The summed E-state index contributed by atoms with van der Waals surface area (Å²) in [5.41, 5.74) is 0.801. The molecule has 86 valence electrons. The van der Waals surface area contributed by atoms with Gasteiger partial charge in [-0.25, -0.2) is 4.79 Å². The highest BCUT2D eigenvalue weighted by atomic mass is 16.5.